The number of nitrogens with zero attached hydrogens (tertiary/aromatic N) is 3. The predicted molar refractivity (Wildman–Crippen MR) is 114 cm³/mol. The molecule has 2 atom stereocenters. The summed E-state index contributed by atoms with van der Waals surface area (Å²) in [5.74, 6) is -0.837. The second-order valence-electron chi connectivity index (χ2n) is 6.97. The highest BCUT2D eigenvalue weighted by Crippen LogP contribution is 2.57. The molecule has 0 aromatic carbocycles. The van der Waals surface area contributed by atoms with E-state index in [0.717, 1.165) is 11.3 Å². The van der Waals surface area contributed by atoms with Crippen LogP contribution in [-0.4, -0.2) is 47.4 Å². The summed E-state index contributed by atoms with van der Waals surface area (Å²) in [6.07, 6.45) is 1.28. The number of carboxylic acids is 1. The number of aliphatic carboxylic acids is 1. The van der Waals surface area contributed by atoms with Crippen LogP contribution in [0.2, 0.25) is 0 Å². The van der Waals surface area contributed by atoms with Crippen LogP contribution in [-0.2, 0) is 41.3 Å². The number of aromatic nitrogens is 3. The maximum Gasteiger partial charge on any atom is 0.481 e. The molecular weight excluding hydrogens is 502 g/mol. The molecule has 0 spiro atoms. The molecule has 0 amide bonds. The maximum absolute atomic E-state index is 11.9. The molecule has 2 aromatic heterocycles. The quantitative estimate of drug-likeness (QED) is 0.173. The van der Waals surface area contributed by atoms with Gasteiger partial charge in [0, 0.05) is 19.5 Å². The van der Waals surface area contributed by atoms with Gasteiger partial charge in [0.25, 0.3) is 10.6 Å². The molecule has 33 heavy (non-hydrogen) atoms. The van der Waals surface area contributed by atoms with Crippen molar-refractivity contribution < 1.29 is 52.2 Å². The van der Waals surface area contributed by atoms with Gasteiger partial charge in [-0.2, -0.15) is 8.88 Å². The minimum Gasteiger partial charge on any atom is -0.479 e. The van der Waals surface area contributed by atoms with Crippen LogP contribution in [0, 0.1) is 13.8 Å². The number of thiazole rings is 1. The number of hydrogen-bond acceptors (Lipinski definition) is 10. The number of nitrogens with two attached hydrogens (primary N) is 1. The topological polar surface area (TPSA) is 226 Å². The minimum atomic E-state index is -5.26. The smallest absolute Gasteiger partial charge is 0.479 e. The standard InChI is InChI=1S/C16H24N4O10P2S/c1-4-16(23,15(21)22)14-20(8-11-7-18-10(3)19-13(11)17)9(2)12(33-14)5-6-29-32(27,28)30-31(24,25)26/h7,23H,4-6,8H2,1-3H3,(H5-,17,18,19,21,22,24,25,26,27,28)/p+1/t16-/m1/s1. The molecule has 0 aliphatic heterocycles. The summed E-state index contributed by atoms with van der Waals surface area (Å²) in [6.45, 7) is 4.36. The third-order valence-electron chi connectivity index (χ3n) is 4.63. The molecule has 184 valence electrons. The number of anilines is 1. The number of rotatable bonds is 11. The number of carbonyl (C=O) groups is 1. The van der Waals surface area contributed by atoms with Gasteiger partial charge in [0.15, 0.2) is 12.2 Å². The van der Waals surface area contributed by atoms with Gasteiger partial charge < -0.3 is 30.6 Å². The first-order valence-corrected chi connectivity index (χ1v) is 13.2. The van der Waals surface area contributed by atoms with Gasteiger partial charge in [-0.15, -0.1) is 0 Å². The van der Waals surface area contributed by atoms with Gasteiger partial charge in [-0.05, 0) is 13.3 Å². The van der Waals surface area contributed by atoms with E-state index in [4.69, 9.17) is 15.5 Å². The highest BCUT2D eigenvalue weighted by Gasteiger charge is 2.47. The first-order chi connectivity index (χ1) is 15.1. The second kappa shape index (κ2) is 10.2. The third-order valence-corrected chi connectivity index (χ3v) is 8.32. The highest BCUT2D eigenvalue weighted by atomic mass is 32.1. The van der Waals surface area contributed by atoms with E-state index in [1.54, 1.807) is 13.8 Å². The molecule has 0 radical (unpaired) electrons. The molecule has 2 rings (SSSR count). The molecule has 0 aliphatic rings. The van der Waals surface area contributed by atoms with Gasteiger partial charge in [0.1, 0.15) is 11.6 Å². The Morgan fingerprint density at radius 3 is 2.45 bits per heavy atom. The summed E-state index contributed by atoms with van der Waals surface area (Å²) in [5, 5.41) is 20.6. The summed E-state index contributed by atoms with van der Waals surface area (Å²) < 4.78 is 32.3. The average Bonchev–Trinajstić information content (AvgIpc) is 2.97. The van der Waals surface area contributed by atoms with Crippen molar-refractivity contribution in [2.45, 2.75) is 45.8 Å². The van der Waals surface area contributed by atoms with Crippen LogP contribution in [0.15, 0.2) is 6.20 Å². The van der Waals surface area contributed by atoms with Crippen molar-refractivity contribution in [2.24, 2.45) is 0 Å². The van der Waals surface area contributed by atoms with E-state index in [2.05, 4.69) is 18.8 Å². The van der Waals surface area contributed by atoms with Crippen LogP contribution >= 0.6 is 27.0 Å². The number of hydrogen-bond donors (Lipinski definition) is 6. The molecule has 0 bridgehead atoms. The maximum atomic E-state index is 11.9. The third kappa shape index (κ3) is 6.85. The number of carboxylic acid groups (broad SMARTS) is 1. The zero-order chi connectivity index (χ0) is 25.2. The van der Waals surface area contributed by atoms with Crippen LogP contribution in [0.4, 0.5) is 5.82 Å². The number of nitrogen functional groups attached to an aromatic ring is 1. The van der Waals surface area contributed by atoms with Crippen LogP contribution in [0.5, 0.6) is 0 Å². The molecule has 17 heteroatoms. The lowest BCUT2D eigenvalue weighted by Gasteiger charge is -2.17. The Labute approximate surface area is 192 Å². The van der Waals surface area contributed by atoms with E-state index in [1.807, 2.05) is 0 Å². The second-order valence-corrected chi connectivity index (χ2v) is 10.9. The molecule has 7 N–H and O–H groups in total. The van der Waals surface area contributed by atoms with E-state index in [0.29, 0.717) is 22.0 Å². The Bertz CT molecular complexity index is 1140. The van der Waals surface area contributed by atoms with Gasteiger partial charge in [-0.1, -0.05) is 18.3 Å². The minimum absolute atomic E-state index is 0.0417. The van der Waals surface area contributed by atoms with Gasteiger partial charge in [0.2, 0.25) is 0 Å². The molecule has 0 saturated carbocycles. The van der Waals surface area contributed by atoms with E-state index < -0.39 is 33.8 Å². The van der Waals surface area contributed by atoms with Gasteiger partial charge in [0.05, 0.1) is 17.0 Å². The molecule has 2 heterocycles. The molecule has 1 unspecified atom stereocenters. The van der Waals surface area contributed by atoms with Crippen molar-refractivity contribution in [3.05, 3.63) is 33.2 Å². The lowest BCUT2D eigenvalue weighted by Crippen LogP contribution is -2.49. The molecule has 0 aliphatic carbocycles. The fraction of sp³-hybridized carbons (Fsp3) is 0.500. The van der Waals surface area contributed by atoms with Crippen LogP contribution in [0.1, 0.15) is 40.3 Å². The SMILES string of the molecule is CC[C@](O)(C(=O)O)c1sc(CCOP(=O)(O)OP(=O)(O)O)c(C)[n+]1Cc1cnc(C)nc1N. The first kappa shape index (κ1) is 27.4. The van der Waals surface area contributed by atoms with Crippen LogP contribution in [0.25, 0.3) is 0 Å². The Morgan fingerprint density at radius 2 is 1.94 bits per heavy atom. The first-order valence-electron chi connectivity index (χ1n) is 9.40. The van der Waals surface area contributed by atoms with Crippen molar-refractivity contribution in [1.29, 1.82) is 0 Å². The largest absolute Gasteiger partial charge is 0.481 e. The van der Waals surface area contributed by atoms with Gasteiger partial charge >= 0.3 is 21.6 Å². The summed E-state index contributed by atoms with van der Waals surface area (Å²) in [6, 6.07) is 0. The molecule has 0 fully saturated rings. The Morgan fingerprint density at radius 1 is 1.30 bits per heavy atom. The summed E-state index contributed by atoms with van der Waals surface area (Å²) in [4.78, 5) is 47.3. The predicted octanol–water partition coefficient (Wildman–Crippen LogP) is 0.524. The zero-order valence-corrected chi connectivity index (χ0v) is 20.5. The number of phosphoric ester groups is 1. The van der Waals surface area contributed by atoms with Crippen molar-refractivity contribution in [3.8, 4) is 0 Å². The Kier molecular flexibility index (Phi) is 8.50. The average molecular weight is 527 g/mol. The van der Waals surface area contributed by atoms with E-state index >= 15 is 0 Å². The van der Waals surface area contributed by atoms with Crippen molar-refractivity contribution in [2.75, 3.05) is 12.3 Å². The molecule has 14 nitrogen and oxygen atoms in total. The fourth-order valence-corrected chi connectivity index (χ4v) is 5.86. The number of aryl methyl sites for hydroxylation is 1. The summed E-state index contributed by atoms with van der Waals surface area (Å²) in [5.41, 5.74) is 4.72. The Balaban J connectivity index is 2.41. The van der Waals surface area contributed by atoms with Crippen LogP contribution < -0.4 is 10.3 Å². The van der Waals surface area contributed by atoms with E-state index in [1.165, 1.54) is 17.7 Å². The fourth-order valence-electron chi connectivity index (χ4n) is 2.89. The normalized spacial score (nSPS) is 15.7. The number of phosphoric acid groups is 2. The summed E-state index contributed by atoms with van der Waals surface area (Å²) >= 11 is 0.943. The Hall–Kier alpha value is -1.80. The molecular formula is C16H25N4O10P2S+. The van der Waals surface area contributed by atoms with Crippen molar-refractivity contribution in [1.82, 2.24) is 9.97 Å². The molecule has 2 aromatic rings. The molecule has 0 saturated heterocycles. The monoisotopic (exact) mass is 527 g/mol. The van der Waals surface area contributed by atoms with E-state index in [-0.39, 0.29) is 30.2 Å². The van der Waals surface area contributed by atoms with Gasteiger partial charge in [-0.25, -0.2) is 23.9 Å². The zero-order valence-electron chi connectivity index (χ0n) is 17.9. The highest BCUT2D eigenvalue weighted by molar-refractivity contribution is 7.60. The lowest BCUT2D eigenvalue weighted by molar-refractivity contribution is -0.702. The summed E-state index contributed by atoms with van der Waals surface area (Å²) in [7, 11) is -10.3. The number of aliphatic hydroxyl groups is 1. The lowest BCUT2D eigenvalue weighted by atomic mass is 10.0. The van der Waals surface area contributed by atoms with Crippen LogP contribution in [0.3, 0.4) is 0 Å². The van der Waals surface area contributed by atoms with Crippen molar-refractivity contribution >= 4 is 38.8 Å². The van der Waals surface area contributed by atoms with Crippen molar-refractivity contribution in [3.63, 3.8) is 0 Å². The van der Waals surface area contributed by atoms with E-state index in [9.17, 15) is 29.0 Å². The van der Waals surface area contributed by atoms with Gasteiger partial charge in [-0.3, -0.25) is 4.52 Å².